The normalized spacial score (nSPS) is 11.4. The minimum Gasteiger partial charge on any atom is -0.338 e. The number of rotatable bonds is 7. The fraction of sp³-hybridized carbons (Fsp3) is 0.120. The van der Waals surface area contributed by atoms with Gasteiger partial charge >= 0.3 is 0 Å². The molecule has 4 aromatic rings. The van der Waals surface area contributed by atoms with Gasteiger partial charge in [-0.1, -0.05) is 60.5 Å². The van der Waals surface area contributed by atoms with E-state index in [4.69, 9.17) is 23.2 Å². The molecule has 1 amide bonds. The van der Waals surface area contributed by atoms with E-state index in [-0.39, 0.29) is 21.2 Å². The Morgan fingerprint density at radius 2 is 1.76 bits per heavy atom. The lowest BCUT2D eigenvalue weighted by atomic mass is 10.1. The molecule has 0 aliphatic carbocycles. The first-order valence-corrected chi connectivity index (χ1v) is 12.9. The van der Waals surface area contributed by atoms with Crippen LogP contribution in [0.1, 0.15) is 23.7 Å². The molecule has 0 aliphatic heterocycles. The van der Waals surface area contributed by atoms with Gasteiger partial charge in [0, 0.05) is 11.3 Å². The number of nitrogens with one attached hydrogen (secondary N) is 2. The predicted molar refractivity (Wildman–Crippen MR) is 136 cm³/mol. The molecule has 9 heteroatoms. The van der Waals surface area contributed by atoms with Gasteiger partial charge in [0.1, 0.15) is 5.82 Å². The molecule has 0 saturated heterocycles. The molecule has 1 heterocycles. The zero-order valence-corrected chi connectivity index (χ0v) is 20.5. The van der Waals surface area contributed by atoms with Crippen LogP contribution in [0.15, 0.2) is 77.8 Å². The summed E-state index contributed by atoms with van der Waals surface area (Å²) < 4.78 is 24.5. The summed E-state index contributed by atoms with van der Waals surface area (Å²) in [5.41, 5.74) is 3.10. The molecule has 34 heavy (non-hydrogen) atoms. The average Bonchev–Trinajstić information content (AvgIpc) is 3.31. The first-order chi connectivity index (χ1) is 16.3. The Balaban J connectivity index is 1.57. The molecule has 0 radical (unpaired) electrons. The summed E-state index contributed by atoms with van der Waals surface area (Å²) in [6.45, 7) is 1.78. The number of nitrogens with zero attached hydrogens (tertiary/aromatic N) is 1. The zero-order chi connectivity index (χ0) is 24.3. The smallest absolute Gasteiger partial charge is 0.257 e. The third kappa shape index (κ3) is 5.17. The van der Waals surface area contributed by atoms with Crippen molar-refractivity contribution < 1.29 is 13.2 Å². The highest BCUT2D eigenvalue weighted by Crippen LogP contribution is 2.31. The summed E-state index contributed by atoms with van der Waals surface area (Å²) >= 11 is 12.6. The van der Waals surface area contributed by atoms with Gasteiger partial charge in [0.15, 0.2) is 9.84 Å². The van der Waals surface area contributed by atoms with E-state index >= 15 is 0 Å². The second-order valence-electron chi connectivity index (χ2n) is 7.62. The predicted octanol–water partition coefficient (Wildman–Crippen LogP) is 6.49. The quantitative estimate of drug-likeness (QED) is 0.295. The Kier molecular flexibility index (Phi) is 7.07. The first kappa shape index (κ1) is 24.0. The van der Waals surface area contributed by atoms with Crippen molar-refractivity contribution in [2.24, 2.45) is 0 Å². The summed E-state index contributed by atoms with van der Waals surface area (Å²) in [7, 11) is -3.43. The summed E-state index contributed by atoms with van der Waals surface area (Å²) in [6.07, 6.45) is 2.21. The number of imidazole rings is 1. The van der Waals surface area contributed by atoms with Crippen LogP contribution >= 0.6 is 23.2 Å². The van der Waals surface area contributed by atoms with E-state index < -0.39 is 15.7 Å². The Bertz CT molecular complexity index is 1450. The highest BCUT2D eigenvalue weighted by atomic mass is 35.5. The molecule has 0 bridgehead atoms. The Labute approximate surface area is 207 Å². The van der Waals surface area contributed by atoms with Crippen molar-refractivity contribution in [3.63, 3.8) is 0 Å². The SMILES string of the molecule is CCCS(=O)(=O)c1ccc(C(=O)Nc2ccc(Cl)c(-c3ncc(-c4ccccc4)[nH]3)c2)c(Cl)c1. The third-order valence-electron chi connectivity index (χ3n) is 5.16. The Morgan fingerprint density at radius 1 is 1.00 bits per heavy atom. The first-order valence-electron chi connectivity index (χ1n) is 10.5. The van der Waals surface area contributed by atoms with Gasteiger partial charge in [-0.3, -0.25) is 4.79 Å². The fourth-order valence-corrected chi connectivity index (χ4v) is 5.35. The van der Waals surface area contributed by atoms with Gasteiger partial charge in [0.05, 0.1) is 38.1 Å². The van der Waals surface area contributed by atoms with Gasteiger partial charge < -0.3 is 10.3 Å². The number of amides is 1. The molecule has 174 valence electrons. The number of aromatic amines is 1. The van der Waals surface area contributed by atoms with Crippen molar-refractivity contribution in [1.29, 1.82) is 0 Å². The topological polar surface area (TPSA) is 91.9 Å². The Morgan fingerprint density at radius 3 is 2.47 bits per heavy atom. The maximum atomic E-state index is 12.8. The number of benzene rings is 3. The number of anilines is 1. The molecular formula is C25H21Cl2N3O3S. The summed E-state index contributed by atoms with van der Waals surface area (Å²) in [4.78, 5) is 20.6. The second-order valence-corrected chi connectivity index (χ2v) is 10.5. The summed E-state index contributed by atoms with van der Waals surface area (Å²) in [5, 5.41) is 3.31. The molecule has 6 nitrogen and oxygen atoms in total. The molecule has 2 N–H and O–H groups in total. The van der Waals surface area contributed by atoms with Gasteiger partial charge in [-0.2, -0.15) is 0 Å². The maximum Gasteiger partial charge on any atom is 0.257 e. The summed E-state index contributed by atoms with van der Waals surface area (Å²) in [5.74, 6) is 0.104. The number of aromatic nitrogens is 2. The van der Waals surface area contributed by atoms with Crippen molar-refractivity contribution in [2.75, 3.05) is 11.1 Å². The molecule has 1 aromatic heterocycles. The van der Waals surface area contributed by atoms with E-state index in [2.05, 4.69) is 15.3 Å². The molecule has 3 aromatic carbocycles. The molecule has 0 atom stereocenters. The maximum absolute atomic E-state index is 12.8. The van der Waals surface area contributed by atoms with Crippen molar-refractivity contribution >= 4 is 44.6 Å². The lowest BCUT2D eigenvalue weighted by molar-refractivity contribution is 0.102. The van der Waals surface area contributed by atoms with Crippen LogP contribution in [-0.4, -0.2) is 30.0 Å². The highest BCUT2D eigenvalue weighted by Gasteiger charge is 2.18. The third-order valence-corrected chi connectivity index (χ3v) is 7.72. The average molecular weight is 514 g/mol. The largest absolute Gasteiger partial charge is 0.338 e. The van der Waals surface area contributed by atoms with E-state index in [9.17, 15) is 13.2 Å². The van der Waals surface area contributed by atoms with Crippen LogP contribution in [0, 0.1) is 0 Å². The fourth-order valence-electron chi connectivity index (χ4n) is 3.47. The molecule has 0 spiro atoms. The number of carbonyl (C=O) groups excluding carboxylic acids is 1. The van der Waals surface area contributed by atoms with E-state index in [1.807, 2.05) is 30.3 Å². The van der Waals surface area contributed by atoms with Crippen molar-refractivity contribution in [3.8, 4) is 22.6 Å². The number of hydrogen-bond donors (Lipinski definition) is 2. The molecular weight excluding hydrogens is 493 g/mol. The zero-order valence-electron chi connectivity index (χ0n) is 18.2. The minimum atomic E-state index is -3.43. The number of sulfone groups is 1. The van der Waals surface area contributed by atoms with Crippen molar-refractivity contribution in [1.82, 2.24) is 9.97 Å². The minimum absolute atomic E-state index is 0.0151. The standard InChI is InChI=1S/C25H21Cl2N3O3S/c1-2-12-34(32,33)18-9-10-19(22(27)14-18)25(31)29-17-8-11-21(26)20(13-17)24-28-15-23(30-24)16-6-4-3-5-7-16/h3-11,13-15H,2,12H2,1H3,(H,28,30)(H,29,31). The molecule has 0 unspecified atom stereocenters. The molecule has 0 fully saturated rings. The molecule has 0 aliphatic rings. The van der Waals surface area contributed by atoms with Crippen LogP contribution in [0.5, 0.6) is 0 Å². The second kappa shape index (κ2) is 10.0. The van der Waals surface area contributed by atoms with Crippen LogP contribution in [0.4, 0.5) is 5.69 Å². The van der Waals surface area contributed by atoms with Crippen molar-refractivity contribution in [2.45, 2.75) is 18.2 Å². The lowest BCUT2D eigenvalue weighted by Crippen LogP contribution is -2.13. The van der Waals surface area contributed by atoms with Gasteiger partial charge in [0.2, 0.25) is 0 Å². The van der Waals surface area contributed by atoms with Gasteiger partial charge in [-0.15, -0.1) is 0 Å². The number of halogens is 2. The van der Waals surface area contributed by atoms with Crippen LogP contribution in [-0.2, 0) is 9.84 Å². The molecule has 4 rings (SSSR count). The summed E-state index contributed by atoms with van der Waals surface area (Å²) in [6, 6.07) is 18.9. The van der Waals surface area contributed by atoms with E-state index in [1.165, 1.54) is 18.2 Å². The van der Waals surface area contributed by atoms with Crippen LogP contribution in [0.25, 0.3) is 22.6 Å². The van der Waals surface area contributed by atoms with E-state index in [0.29, 0.717) is 28.5 Å². The van der Waals surface area contributed by atoms with Crippen LogP contribution in [0.2, 0.25) is 10.0 Å². The van der Waals surface area contributed by atoms with Crippen LogP contribution < -0.4 is 5.32 Å². The number of H-pyrrole nitrogens is 1. The Hall–Kier alpha value is -3.13. The van der Waals surface area contributed by atoms with E-state index in [1.54, 1.807) is 31.3 Å². The van der Waals surface area contributed by atoms with Gasteiger partial charge in [-0.05, 0) is 48.4 Å². The van der Waals surface area contributed by atoms with E-state index in [0.717, 1.165) is 11.3 Å². The molecule has 0 saturated carbocycles. The van der Waals surface area contributed by atoms with Gasteiger partial charge in [0.25, 0.3) is 5.91 Å². The number of carbonyl (C=O) groups is 1. The monoisotopic (exact) mass is 513 g/mol. The lowest BCUT2D eigenvalue weighted by Gasteiger charge is -2.10. The number of hydrogen-bond acceptors (Lipinski definition) is 4. The van der Waals surface area contributed by atoms with Crippen molar-refractivity contribution in [3.05, 3.63) is 88.5 Å². The highest BCUT2D eigenvalue weighted by molar-refractivity contribution is 7.91. The van der Waals surface area contributed by atoms with Gasteiger partial charge in [-0.25, -0.2) is 13.4 Å². The van der Waals surface area contributed by atoms with Crippen LogP contribution in [0.3, 0.4) is 0 Å².